The summed E-state index contributed by atoms with van der Waals surface area (Å²) < 4.78 is 26.6. The van der Waals surface area contributed by atoms with Gasteiger partial charge in [0.25, 0.3) is 5.91 Å². The number of oxazole rings is 1. The zero-order chi connectivity index (χ0) is 36.3. The molecule has 13 heteroatoms. The number of ether oxygens (including phenoxy) is 4. The van der Waals surface area contributed by atoms with Gasteiger partial charge in [0.2, 0.25) is 17.5 Å². The molecule has 0 bridgehead atoms. The lowest BCUT2D eigenvalue weighted by Crippen LogP contribution is -2.63. The number of carbonyl (C=O) groups is 3. The molecule has 268 valence electrons. The largest absolute Gasteiger partial charge is 0.448 e. The van der Waals surface area contributed by atoms with E-state index in [0.717, 1.165) is 5.76 Å². The number of hydrogen-bond acceptors (Lipinski definition) is 10. The van der Waals surface area contributed by atoms with Crippen LogP contribution in [-0.2, 0) is 39.8 Å². The lowest BCUT2D eigenvalue weighted by Gasteiger charge is -2.36. The molecule has 4 atom stereocenters. The molecule has 0 spiro atoms. The normalized spacial score (nSPS) is 19.6. The van der Waals surface area contributed by atoms with E-state index in [9.17, 15) is 19.5 Å². The van der Waals surface area contributed by atoms with E-state index in [1.54, 1.807) is 82.5 Å². The molecule has 0 aromatic carbocycles. The third kappa shape index (κ3) is 12.9. The van der Waals surface area contributed by atoms with Crippen LogP contribution in [0.15, 0.2) is 102 Å². The van der Waals surface area contributed by atoms with Crippen LogP contribution in [0.2, 0.25) is 0 Å². The standard InChI is InChI=1S/C36H50N4O9/c1-27(19-15-12-13-16-20-29-23-37-25-48-29)31(42)35(3,4)33(43)38-22-18-14-10-8-9-11-17-21-30(41)39-36(24-47-26-49-36)34(44)40(5)32(46-7)28(2)45-6/h8-19,21,23,25,28,31-32,42H,20,22,24,26H2,1-7H3,(H,38,43)(H,39,41)/b10-8+,11-9+,15-12-,16-13+,18-14-,21-17+,27-19-. The van der Waals surface area contributed by atoms with Crippen LogP contribution in [0, 0.1) is 5.41 Å². The Morgan fingerprint density at radius 3 is 2.37 bits per heavy atom. The molecule has 1 saturated heterocycles. The number of amides is 3. The first-order valence-corrected chi connectivity index (χ1v) is 15.8. The summed E-state index contributed by atoms with van der Waals surface area (Å²) in [7, 11) is 4.49. The van der Waals surface area contributed by atoms with Crippen molar-refractivity contribution < 1.29 is 42.9 Å². The molecule has 4 unspecified atom stereocenters. The van der Waals surface area contributed by atoms with Gasteiger partial charge in [-0.25, -0.2) is 4.98 Å². The highest BCUT2D eigenvalue weighted by atomic mass is 16.7. The van der Waals surface area contributed by atoms with Crippen LogP contribution in [0.3, 0.4) is 0 Å². The van der Waals surface area contributed by atoms with Gasteiger partial charge in [-0.15, -0.1) is 0 Å². The second-order valence-corrected chi connectivity index (χ2v) is 11.7. The number of hydrogen-bond donors (Lipinski definition) is 3. The number of likely N-dealkylation sites (N-methyl/N-ethyl adjacent to an activating group) is 1. The Kier molecular flexibility index (Phi) is 17.4. The van der Waals surface area contributed by atoms with Crippen LogP contribution in [0.5, 0.6) is 0 Å². The van der Waals surface area contributed by atoms with Gasteiger partial charge in [-0.3, -0.25) is 14.4 Å². The van der Waals surface area contributed by atoms with Crippen LogP contribution in [0.1, 0.15) is 33.5 Å². The summed E-state index contributed by atoms with van der Waals surface area (Å²) in [6.07, 6.45) is 24.0. The molecule has 49 heavy (non-hydrogen) atoms. The predicted octanol–water partition coefficient (Wildman–Crippen LogP) is 3.29. The molecular formula is C36H50N4O9. The first-order chi connectivity index (χ1) is 23.4. The molecule has 0 aliphatic carbocycles. The fraction of sp³-hybridized carbons (Fsp3) is 0.444. The average Bonchev–Trinajstić information content (AvgIpc) is 3.79. The van der Waals surface area contributed by atoms with Gasteiger partial charge in [-0.1, -0.05) is 72.9 Å². The fourth-order valence-corrected chi connectivity index (χ4v) is 4.63. The second-order valence-electron chi connectivity index (χ2n) is 11.7. The predicted molar refractivity (Wildman–Crippen MR) is 184 cm³/mol. The Morgan fingerprint density at radius 2 is 1.73 bits per heavy atom. The first kappa shape index (κ1) is 40.8. The van der Waals surface area contributed by atoms with Gasteiger partial charge in [0, 0.05) is 40.3 Å². The monoisotopic (exact) mass is 682 g/mol. The molecule has 2 heterocycles. The third-order valence-electron chi connectivity index (χ3n) is 7.62. The molecule has 2 rings (SSSR count). The van der Waals surface area contributed by atoms with Crippen molar-refractivity contribution in [2.75, 3.05) is 41.2 Å². The van der Waals surface area contributed by atoms with E-state index < -0.39 is 41.4 Å². The topological polar surface area (TPSA) is 162 Å². The zero-order valence-corrected chi connectivity index (χ0v) is 29.3. The van der Waals surface area contributed by atoms with Crippen LogP contribution in [0.25, 0.3) is 0 Å². The van der Waals surface area contributed by atoms with Crippen molar-refractivity contribution in [3.63, 3.8) is 0 Å². The minimum atomic E-state index is -1.69. The van der Waals surface area contributed by atoms with Crippen LogP contribution < -0.4 is 10.6 Å². The van der Waals surface area contributed by atoms with Crippen molar-refractivity contribution in [2.24, 2.45) is 5.41 Å². The Bertz CT molecular complexity index is 1400. The average molecular weight is 683 g/mol. The maximum absolute atomic E-state index is 13.3. The first-order valence-electron chi connectivity index (χ1n) is 15.8. The van der Waals surface area contributed by atoms with Gasteiger partial charge in [0.05, 0.1) is 23.8 Å². The highest BCUT2D eigenvalue weighted by Crippen LogP contribution is 2.26. The number of aliphatic hydroxyl groups is 1. The summed E-state index contributed by atoms with van der Waals surface area (Å²) in [6.45, 7) is 6.89. The summed E-state index contributed by atoms with van der Waals surface area (Å²) in [4.78, 5) is 43.8. The van der Waals surface area contributed by atoms with Crippen molar-refractivity contribution >= 4 is 17.7 Å². The SMILES string of the molecule is COC(C)C(OC)N(C)C(=O)C1(NC(=O)/C=C/C=C/C=C/C=C\CNC(=O)C(C)(C)C(O)\C(C)=C/C=C\C=C\Cc2cnco2)COCO1. The molecule has 0 radical (unpaired) electrons. The minimum Gasteiger partial charge on any atom is -0.448 e. The van der Waals surface area contributed by atoms with E-state index in [-0.39, 0.29) is 25.9 Å². The number of aromatic nitrogens is 1. The Morgan fingerprint density at radius 1 is 1.06 bits per heavy atom. The third-order valence-corrected chi connectivity index (χ3v) is 7.62. The molecule has 1 aromatic rings. The van der Waals surface area contributed by atoms with Crippen molar-refractivity contribution in [3.8, 4) is 0 Å². The van der Waals surface area contributed by atoms with Crippen molar-refractivity contribution in [1.82, 2.24) is 20.5 Å². The summed E-state index contributed by atoms with van der Waals surface area (Å²) in [5.41, 5.74) is -2.08. The Labute approximate surface area is 288 Å². The van der Waals surface area contributed by atoms with Crippen molar-refractivity contribution in [3.05, 3.63) is 103 Å². The van der Waals surface area contributed by atoms with Gasteiger partial charge < -0.3 is 44.0 Å². The Balaban J connectivity index is 1.78. The lowest BCUT2D eigenvalue weighted by molar-refractivity contribution is -0.176. The van der Waals surface area contributed by atoms with Gasteiger partial charge in [0.1, 0.15) is 12.4 Å². The number of allylic oxidation sites excluding steroid dienone is 11. The molecular weight excluding hydrogens is 632 g/mol. The van der Waals surface area contributed by atoms with Gasteiger partial charge in [-0.05, 0) is 33.3 Å². The number of rotatable bonds is 19. The number of aliphatic hydroxyl groups excluding tert-OH is 1. The second kappa shape index (κ2) is 20.9. The van der Waals surface area contributed by atoms with E-state index in [4.69, 9.17) is 23.4 Å². The molecule has 1 aromatic heterocycles. The maximum Gasteiger partial charge on any atom is 0.280 e. The quantitative estimate of drug-likeness (QED) is 0.112. The van der Waals surface area contributed by atoms with Crippen LogP contribution in [-0.4, -0.2) is 98.1 Å². The van der Waals surface area contributed by atoms with E-state index in [1.807, 2.05) is 18.2 Å². The molecule has 3 amide bonds. The summed E-state index contributed by atoms with van der Waals surface area (Å²) in [5.74, 6) is -0.602. The number of methoxy groups -OCH3 is 2. The molecule has 1 fully saturated rings. The van der Waals surface area contributed by atoms with E-state index in [1.165, 1.54) is 44.7 Å². The number of nitrogens with one attached hydrogen (secondary N) is 2. The van der Waals surface area contributed by atoms with E-state index >= 15 is 0 Å². The molecule has 1 aliphatic heterocycles. The van der Waals surface area contributed by atoms with Gasteiger partial charge in [0.15, 0.2) is 19.4 Å². The smallest absolute Gasteiger partial charge is 0.280 e. The molecule has 0 saturated carbocycles. The number of nitrogens with zero attached hydrogens (tertiary/aromatic N) is 2. The van der Waals surface area contributed by atoms with Crippen molar-refractivity contribution in [1.29, 1.82) is 0 Å². The van der Waals surface area contributed by atoms with Crippen LogP contribution in [0.4, 0.5) is 0 Å². The lowest BCUT2D eigenvalue weighted by atomic mass is 9.81. The molecule has 1 aliphatic rings. The number of carbonyl (C=O) groups excluding carboxylic acids is 3. The minimum absolute atomic E-state index is 0.149. The summed E-state index contributed by atoms with van der Waals surface area (Å²) in [5, 5.41) is 16.2. The van der Waals surface area contributed by atoms with Crippen LogP contribution >= 0.6 is 0 Å². The molecule has 3 N–H and O–H groups in total. The summed E-state index contributed by atoms with van der Waals surface area (Å²) >= 11 is 0. The van der Waals surface area contributed by atoms with Gasteiger partial charge in [-0.2, -0.15) is 0 Å². The van der Waals surface area contributed by atoms with Gasteiger partial charge >= 0.3 is 0 Å². The Hall–Kier alpha value is -4.40. The van der Waals surface area contributed by atoms with Crippen molar-refractivity contribution in [2.45, 2.75) is 58.3 Å². The van der Waals surface area contributed by atoms with E-state index in [0.29, 0.717) is 12.0 Å². The summed E-state index contributed by atoms with van der Waals surface area (Å²) in [6, 6.07) is 0. The maximum atomic E-state index is 13.3. The zero-order valence-electron chi connectivity index (χ0n) is 29.3. The van der Waals surface area contributed by atoms with E-state index in [2.05, 4.69) is 15.6 Å². The highest BCUT2D eigenvalue weighted by molar-refractivity contribution is 5.95. The fourth-order valence-electron chi connectivity index (χ4n) is 4.63. The highest BCUT2D eigenvalue weighted by Gasteiger charge is 2.48. The molecule has 13 nitrogen and oxygen atoms in total.